The van der Waals surface area contributed by atoms with Crippen LogP contribution in [0.25, 0.3) is 0 Å². The van der Waals surface area contributed by atoms with Gasteiger partial charge in [0.05, 0.1) is 5.97 Å². The van der Waals surface area contributed by atoms with Gasteiger partial charge in [0, 0.05) is 6.66 Å². The van der Waals surface area contributed by atoms with E-state index in [-0.39, 0.29) is 0 Å². The van der Waals surface area contributed by atoms with Crippen molar-refractivity contribution >= 4 is 15.2 Å². The van der Waals surface area contributed by atoms with Crippen LogP contribution in [0.3, 0.4) is 0 Å². The molecule has 7 heavy (non-hydrogen) atoms. The van der Waals surface area contributed by atoms with Crippen molar-refractivity contribution < 1.29 is 9.90 Å². The fraction of sp³-hybridized carbons (Fsp3) is 0.250. The van der Waals surface area contributed by atoms with Crippen LogP contribution in [0.1, 0.15) is 0 Å². The molecule has 0 N–H and O–H groups in total. The van der Waals surface area contributed by atoms with Gasteiger partial charge < -0.3 is 9.90 Å². The minimum atomic E-state index is -1.23. The van der Waals surface area contributed by atoms with Gasteiger partial charge in [-0.05, 0) is 15.3 Å². The van der Waals surface area contributed by atoms with Gasteiger partial charge in [0.15, 0.2) is 0 Å². The molecule has 0 rings (SSSR count). The molecule has 1 atom stereocenters. The molecule has 1 unspecified atom stereocenters. The maximum absolute atomic E-state index is 9.14. The maximum Gasteiger partial charge on any atom is 0.0636 e. The lowest BCUT2D eigenvalue weighted by Crippen LogP contribution is -2.17. The van der Waals surface area contributed by atoms with Crippen molar-refractivity contribution in [3.63, 3.8) is 0 Å². The lowest BCUT2D eigenvalue weighted by molar-refractivity contribution is -0.297. The number of carbonyl (C=O) groups is 1. The quantitative estimate of drug-likeness (QED) is 0.334. The molecule has 0 saturated heterocycles. The molecule has 0 fully saturated rings. The Morgan fingerprint density at radius 1 is 1.86 bits per heavy atom. The van der Waals surface area contributed by atoms with E-state index in [1.807, 2.05) is 15.9 Å². The van der Waals surface area contributed by atoms with E-state index in [1.54, 1.807) is 0 Å². The van der Waals surface area contributed by atoms with E-state index in [4.69, 9.17) is 9.90 Å². The van der Waals surface area contributed by atoms with Gasteiger partial charge in [-0.3, -0.25) is 0 Å². The normalized spacial score (nSPS) is 5.86. The Bertz CT molecular complexity index is 60.7. The summed E-state index contributed by atoms with van der Waals surface area (Å²) in [6.07, 6.45) is 0.722. The van der Waals surface area contributed by atoms with Gasteiger partial charge in [-0.15, -0.1) is 0 Å². The SMILES string of the molecule is C=CC(=O)[O-].C[PH3+]. The molecule has 0 amide bonds. The van der Waals surface area contributed by atoms with Crippen LogP contribution in [-0.2, 0) is 4.79 Å². The first kappa shape index (κ1) is 9.81. The Morgan fingerprint density at radius 3 is 2.00 bits per heavy atom. The molecule has 0 aromatic rings. The molecule has 0 aromatic carbocycles. The maximum atomic E-state index is 9.14. The first-order valence-corrected chi connectivity index (χ1v) is 3.23. The van der Waals surface area contributed by atoms with Gasteiger partial charge in [0.2, 0.25) is 0 Å². The molecule has 2 nitrogen and oxygen atoms in total. The highest BCUT2D eigenvalue weighted by Gasteiger charge is 1.55. The van der Waals surface area contributed by atoms with E-state index in [1.165, 1.54) is 0 Å². The molecule has 0 saturated carbocycles. The number of carbonyl (C=O) groups excluding carboxylic acids is 1. The number of rotatable bonds is 1. The molecule has 0 heterocycles. The number of carboxylic acid groups (broad SMARTS) is 1. The van der Waals surface area contributed by atoms with Crippen LogP contribution in [-0.4, -0.2) is 12.6 Å². The number of hydrogen-bond donors (Lipinski definition) is 0. The Morgan fingerprint density at radius 2 is 2.00 bits per heavy atom. The Kier molecular flexibility index (Phi) is 12.8. The summed E-state index contributed by atoms with van der Waals surface area (Å²) in [5.41, 5.74) is 0. The molecule has 0 radical (unpaired) electrons. The lowest BCUT2D eigenvalue weighted by Gasteiger charge is -1.81. The molecule has 0 bridgehead atoms. The summed E-state index contributed by atoms with van der Waals surface area (Å²) in [5, 5.41) is 9.14. The molecular formula is C4H9O2P. The number of hydrogen-bond acceptors (Lipinski definition) is 2. The zero-order chi connectivity index (χ0) is 6.28. The summed E-state index contributed by atoms with van der Waals surface area (Å²) < 4.78 is 0. The van der Waals surface area contributed by atoms with E-state index < -0.39 is 5.97 Å². The van der Waals surface area contributed by atoms with Crippen LogP contribution in [0.2, 0.25) is 0 Å². The van der Waals surface area contributed by atoms with Crippen molar-refractivity contribution in [2.24, 2.45) is 0 Å². The zero-order valence-corrected chi connectivity index (χ0v) is 5.72. The van der Waals surface area contributed by atoms with Crippen LogP contribution in [0.15, 0.2) is 12.7 Å². The Labute approximate surface area is 45.4 Å². The molecule has 3 heteroatoms. The number of carboxylic acids is 1. The van der Waals surface area contributed by atoms with Crippen LogP contribution < -0.4 is 5.11 Å². The van der Waals surface area contributed by atoms with E-state index in [0.29, 0.717) is 0 Å². The van der Waals surface area contributed by atoms with Crippen molar-refractivity contribution in [2.75, 3.05) is 6.66 Å². The van der Waals surface area contributed by atoms with Crippen molar-refractivity contribution in [3.8, 4) is 0 Å². The first-order chi connectivity index (χ1) is 3.27. The Balaban J connectivity index is 0. The third-order valence-corrected chi connectivity index (χ3v) is 0.167. The zero-order valence-electron chi connectivity index (χ0n) is 4.31. The van der Waals surface area contributed by atoms with Crippen molar-refractivity contribution in [3.05, 3.63) is 12.7 Å². The Hall–Kier alpha value is -0.360. The fourth-order valence-electron chi connectivity index (χ4n) is 0. The summed E-state index contributed by atoms with van der Waals surface area (Å²) in [6.45, 7) is 4.93. The van der Waals surface area contributed by atoms with Crippen LogP contribution >= 0.6 is 9.24 Å². The molecule has 0 aliphatic heterocycles. The highest BCUT2D eigenvalue weighted by molar-refractivity contribution is 7.15. The molecule has 0 aromatic heterocycles. The minimum Gasteiger partial charge on any atom is -0.545 e. The monoisotopic (exact) mass is 120 g/mol. The largest absolute Gasteiger partial charge is 0.545 e. The van der Waals surface area contributed by atoms with Gasteiger partial charge in [-0.1, -0.05) is 6.58 Å². The lowest BCUT2D eigenvalue weighted by atomic mass is 10.7. The minimum absolute atomic E-state index is 0.722. The predicted octanol–water partition coefficient (Wildman–Crippen LogP) is -0.854. The molecular weight excluding hydrogens is 111 g/mol. The van der Waals surface area contributed by atoms with Gasteiger partial charge in [-0.2, -0.15) is 0 Å². The smallest absolute Gasteiger partial charge is 0.0636 e. The van der Waals surface area contributed by atoms with E-state index >= 15 is 0 Å². The third kappa shape index (κ3) is 27.8. The van der Waals surface area contributed by atoms with Gasteiger partial charge >= 0.3 is 0 Å². The second-order valence-corrected chi connectivity index (χ2v) is 0.523. The van der Waals surface area contributed by atoms with Gasteiger partial charge in [-0.25, -0.2) is 0 Å². The highest BCUT2D eigenvalue weighted by Crippen LogP contribution is 1.47. The summed E-state index contributed by atoms with van der Waals surface area (Å²) in [4.78, 5) is 9.14. The standard InChI is InChI=1S/C3H4O2.CH5P/c1-2-3(4)5;1-2/h2H,1H2,(H,4,5);2H2,1H3. The summed E-state index contributed by atoms with van der Waals surface area (Å²) in [7, 11) is 1.86. The average molecular weight is 120 g/mol. The van der Waals surface area contributed by atoms with Crippen molar-refractivity contribution in [1.82, 2.24) is 0 Å². The van der Waals surface area contributed by atoms with Crippen molar-refractivity contribution in [2.45, 2.75) is 0 Å². The highest BCUT2D eigenvalue weighted by atomic mass is 31.0. The summed E-state index contributed by atoms with van der Waals surface area (Å²) >= 11 is 0. The average Bonchev–Trinajstić information content (AvgIpc) is 1.73. The second-order valence-electron chi connectivity index (χ2n) is 0.523. The molecule has 0 aliphatic carbocycles. The number of aliphatic carboxylic acids is 1. The summed E-state index contributed by atoms with van der Waals surface area (Å²) in [5.74, 6) is -1.23. The topological polar surface area (TPSA) is 40.1 Å². The first-order valence-electron chi connectivity index (χ1n) is 1.81. The molecule has 42 valence electrons. The van der Waals surface area contributed by atoms with Crippen LogP contribution in [0.5, 0.6) is 0 Å². The van der Waals surface area contributed by atoms with Crippen LogP contribution in [0.4, 0.5) is 0 Å². The summed E-state index contributed by atoms with van der Waals surface area (Å²) in [6, 6.07) is 0. The fourth-order valence-corrected chi connectivity index (χ4v) is 0. The van der Waals surface area contributed by atoms with E-state index in [9.17, 15) is 0 Å². The second kappa shape index (κ2) is 9.16. The van der Waals surface area contributed by atoms with E-state index in [0.717, 1.165) is 6.08 Å². The molecule has 0 spiro atoms. The van der Waals surface area contributed by atoms with E-state index in [2.05, 4.69) is 6.58 Å². The van der Waals surface area contributed by atoms with Gasteiger partial charge in [0.25, 0.3) is 0 Å². The molecule has 0 aliphatic rings. The third-order valence-electron chi connectivity index (χ3n) is 0.167. The van der Waals surface area contributed by atoms with Crippen molar-refractivity contribution in [1.29, 1.82) is 0 Å². The van der Waals surface area contributed by atoms with Gasteiger partial charge in [0.1, 0.15) is 0 Å². The predicted molar refractivity (Wildman–Crippen MR) is 32.2 cm³/mol. The van der Waals surface area contributed by atoms with Crippen LogP contribution in [0, 0.1) is 0 Å².